The molecular weight excluding hydrogens is 316 g/mol. The van der Waals surface area contributed by atoms with E-state index >= 15 is 0 Å². The Bertz CT molecular complexity index is 525. The lowest BCUT2D eigenvalue weighted by molar-refractivity contribution is -0.116. The Labute approximate surface area is 108 Å². The predicted molar refractivity (Wildman–Crippen MR) is 66.9 cm³/mol. The molecule has 1 aromatic rings. The molecule has 0 amide bonds. The van der Waals surface area contributed by atoms with E-state index in [4.69, 9.17) is 11.6 Å². The van der Waals surface area contributed by atoms with Crippen molar-refractivity contribution >= 4 is 43.2 Å². The molecule has 1 rings (SSSR count). The number of carbonyl (C=O) groups is 1. The fourth-order valence-electron chi connectivity index (χ4n) is 1.21. The normalized spacial score (nSPS) is 13.5. The summed E-state index contributed by atoms with van der Waals surface area (Å²) in [6.45, 7) is 1.44. The Balaban J connectivity index is 3.25. The molecule has 1 atom stereocenters. The summed E-state index contributed by atoms with van der Waals surface area (Å²) in [5, 5.41) is 0.130. The predicted octanol–water partition coefficient (Wildman–Crippen LogP) is 2.77. The smallest absolute Gasteiger partial charge is 0.176 e. The van der Waals surface area contributed by atoms with Gasteiger partial charge in [-0.1, -0.05) is 33.6 Å². The summed E-state index contributed by atoms with van der Waals surface area (Å²) in [7, 11) is -3.33. The van der Waals surface area contributed by atoms with Gasteiger partial charge < -0.3 is 0 Å². The van der Waals surface area contributed by atoms with Crippen molar-refractivity contribution in [1.29, 1.82) is 0 Å². The Morgan fingerprint density at radius 1 is 1.44 bits per heavy atom. The second-order valence-corrected chi connectivity index (χ2v) is 6.74. The van der Waals surface area contributed by atoms with E-state index in [2.05, 4.69) is 15.9 Å². The molecule has 0 aliphatic heterocycles. The van der Waals surface area contributed by atoms with Gasteiger partial charge >= 0.3 is 0 Å². The van der Waals surface area contributed by atoms with Gasteiger partial charge in [-0.15, -0.1) is 0 Å². The van der Waals surface area contributed by atoms with Crippen LogP contribution >= 0.6 is 27.5 Å². The highest BCUT2D eigenvalue weighted by Crippen LogP contribution is 2.29. The fraction of sp³-hybridized carbons (Fsp3) is 0.300. The Kier molecular flexibility index (Phi) is 4.15. The maximum Gasteiger partial charge on any atom is 0.176 e. The number of alkyl halides is 1. The van der Waals surface area contributed by atoms with Gasteiger partial charge in [0.1, 0.15) is 5.78 Å². The number of benzene rings is 1. The minimum Gasteiger partial charge on any atom is -0.298 e. The zero-order valence-corrected chi connectivity index (χ0v) is 11.9. The van der Waals surface area contributed by atoms with E-state index in [9.17, 15) is 13.2 Å². The van der Waals surface area contributed by atoms with Gasteiger partial charge in [0.15, 0.2) is 9.84 Å². The van der Waals surface area contributed by atoms with Crippen molar-refractivity contribution in [3.8, 4) is 0 Å². The topological polar surface area (TPSA) is 51.2 Å². The van der Waals surface area contributed by atoms with Crippen molar-refractivity contribution in [3.63, 3.8) is 0 Å². The molecule has 16 heavy (non-hydrogen) atoms. The van der Waals surface area contributed by atoms with Crippen LogP contribution in [0.15, 0.2) is 23.1 Å². The molecule has 0 radical (unpaired) electrons. The minimum absolute atomic E-state index is 0.0665. The number of carbonyl (C=O) groups excluding carboxylic acids is 1. The van der Waals surface area contributed by atoms with E-state index < -0.39 is 14.7 Å². The largest absolute Gasteiger partial charge is 0.298 e. The minimum atomic E-state index is -3.33. The molecule has 88 valence electrons. The standard InChI is InChI=1S/C10H10BrClO3S/c1-6(13)10(11)7-3-4-9(8(12)5-7)16(2,14)15/h3-5,10H,1-2H3. The van der Waals surface area contributed by atoms with E-state index in [-0.39, 0.29) is 15.7 Å². The zero-order valence-electron chi connectivity index (χ0n) is 8.70. The van der Waals surface area contributed by atoms with Gasteiger partial charge in [0, 0.05) is 6.26 Å². The third-order valence-corrected chi connectivity index (χ3v) is 4.76. The molecule has 6 heteroatoms. The maximum atomic E-state index is 11.3. The molecule has 1 unspecified atom stereocenters. The monoisotopic (exact) mass is 324 g/mol. The maximum absolute atomic E-state index is 11.3. The number of rotatable bonds is 3. The molecule has 0 aromatic heterocycles. The SMILES string of the molecule is CC(=O)C(Br)c1ccc(S(C)(=O)=O)c(Cl)c1. The third-order valence-electron chi connectivity index (χ3n) is 2.00. The van der Waals surface area contributed by atoms with Gasteiger partial charge in [-0.05, 0) is 24.6 Å². The highest BCUT2D eigenvalue weighted by Gasteiger charge is 2.17. The number of sulfone groups is 1. The van der Waals surface area contributed by atoms with Crippen molar-refractivity contribution < 1.29 is 13.2 Å². The van der Waals surface area contributed by atoms with Crippen molar-refractivity contribution in [1.82, 2.24) is 0 Å². The summed E-state index contributed by atoms with van der Waals surface area (Å²) in [5.74, 6) is -0.0665. The van der Waals surface area contributed by atoms with E-state index in [1.807, 2.05) is 0 Å². The van der Waals surface area contributed by atoms with Crippen molar-refractivity contribution in [2.24, 2.45) is 0 Å². The molecular formula is C10H10BrClO3S. The molecule has 0 fully saturated rings. The van der Waals surface area contributed by atoms with Crippen LogP contribution < -0.4 is 0 Å². The molecule has 0 N–H and O–H groups in total. The summed E-state index contributed by atoms with van der Waals surface area (Å²) in [6, 6.07) is 4.46. The van der Waals surface area contributed by atoms with Gasteiger partial charge in [-0.3, -0.25) is 4.79 Å². The molecule has 0 bridgehead atoms. The first-order valence-electron chi connectivity index (χ1n) is 4.37. The molecule has 0 aliphatic carbocycles. The van der Waals surface area contributed by atoms with E-state index in [1.54, 1.807) is 6.07 Å². The summed E-state index contributed by atoms with van der Waals surface area (Å²) >= 11 is 9.05. The average Bonchev–Trinajstić information content (AvgIpc) is 2.14. The van der Waals surface area contributed by atoms with Crippen LogP contribution in [-0.4, -0.2) is 20.5 Å². The average molecular weight is 326 g/mol. The lowest BCUT2D eigenvalue weighted by Gasteiger charge is -2.08. The lowest BCUT2D eigenvalue weighted by atomic mass is 10.1. The highest BCUT2D eigenvalue weighted by atomic mass is 79.9. The summed E-state index contributed by atoms with van der Waals surface area (Å²) in [4.78, 5) is 10.7. The van der Waals surface area contributed by atoms with Crippen molar-refractivity contribution in [3.05, 3.63) is 28.8 Å². The van der Waals surface area contributed by atoms with Gasteiger partial charge in [-0.2, -0.15) is 0 Å². The summed E-state index contributed by atoms with van der Waals surface area (Å²) in [6.07, 6.45) is 1.09. The molecule has 0 heterocycles. The number of ketones is 1. The highest BCUT2D eigenvalue weighted by molar-refractivity contribution is 9.09. The van der Waals surface area contributed by atoms with Crippen LogP contribution in [0.5, 0.6) is 0 Å². The van der Waals surface area contributed by atoms with E-state index in [0.717, 1.165) is 6.26 Å². The quantitative estimate of drug-likeness (QED) is 0.803. The van der Waals surface area contributed by atoms with Crippen molar-refractivity contribution in [2.45, 2.75) is 16.6 Å². The number of Topliss-reactive ketones (excluding diaryl/α,β-unsaturated/α-hetero) is 1. The van der Waals surface area contributed by atoms with E-state index in [0.29, 0.717) is 5.56 Å². The Morgan fingerprint density at radius 3 is 2.38 bits per heavy atom. The van der Waals surface area contributed by atoms with Gasteiger partial charge in [0.05, 0.1) is 14.7 Å². The van der Waals surface area contributed by atoms with Crippen LogP contribution in [0, 0.1) is 0 Å². The number of hydrogen-bond donors (Lipinski definition) is 0. The van der Waals surface area contributed by atoms with Gasteiger partial charge in [0.2, 0.25) is 0 Å². The van der Waals surface area contributed by atoms with Crippen molar-refractivity contribution in [2.75, 3.05) is 6.26 Å². The van der Waals surface area contributed by atoms with Gasteiger partial charge in [-0.25, -0.2) is 8.42 Å². The first kappa shape index (κ1) is 13.7. The molecule has 0 saturated heterocycles. The van der Waals surface area contributed by atoms with Gasteiger partial charge in [0.25, 0.3) is 0 Å². The Morgan fingerprint density at radius 2 is 2.00 bits per heavy atom. The first-order chi connectivity index (χ1) is 7.23. The second-order valence-electron chi connectivity index (χ2n) is 3.44. The molecule has 0 spiro atoms. The zero-order chi connectivity index (χ0) is 12.5. The molecule has 0 saturated carbocycles. The Hall–Kier alpha value is -0.390. The van der Waals surface area contributed by atoms with E-state index in [1.165, 1.54) is 19.1 Å². The molecule has 1 aromatic carbocycles. The number of halogens is 2. The third kappa shape index (κ3) is 3.06. The molecule has 3 nitrogen and oxygen atoms in total. The van der Waals surface area contributed by atoms with Crippen LogP contribution in [0.1, 0.15) is 17.3 Å². The second kappa shape index (κ2) is 4.85. The first-order valence-corrected chi connectivity index (χ1v) is 7.56. The lowest BCUT2D eigenvalue weighted by Crippen LogP contribution is -2.03. The van der Waals surface area contributed by atoms with Crippen LogP contribution in [0.25, 0.3) is 0 Å². The van der Waals surface area contributed by atoms with Crippen LogP contribution in [0.4, 0.5) is 0 Å². The summed E-state index contributed by atoms with van der Waals surface area (Å²) < 4.78 is 22.6. The van der Waals surface area contributed by atoms with Crippen LogP contribution in [-0.2, 0) is 14.6 Å². The fourth-order valence-corrected chi connectivity index (χ4v) is 2.83. The molecule has 0 aliphatic rings. The van der Waals surface area contributed by atoms with Crippen LogP contribution in [0.3, 0.4) is 0 Å². The van der Waals surface area contributed by atoms with Crippen LogP contribution in [0.2, 0.25) is 5.02 Å². The number of hydrogen-bond acceptors (Lipinski definition) is 3. The summed E-state index contributed by atoms with van der Waals surface area (Å²) in [5.41, 5.74) is 0.643.